The lowest BCUT2D eigenvalue weighted by Gasteiger charge is -2.40. The Morgan fingerprint density at radius 3 is 2.67 bits per heavy atom. The lowest BCUT2D eigenvalue weighted by atomic mass is 9.85. The molecule has 1 saturated heterocycles. The van der Waals surface area contributed by atoms with Gasteiger partial charge in [-0.25, -0.2) is 4.79 Å². The number of amides is 1. The van der Waals surface area contributed by atoms with Gasteiger partial charge in [0.2, 0.25) is 0 Å². The molecule has 7 nitrogen and oxygen atoms in total. The summed E-state index contributed by atoms with van der Waals surface area (Å²) in [6, 6.07) is 8.47. The largest absolute Gasteiger partial charge is 0.444 e. The van der Waals surface area contributed by atoms with E-state index in [2.05, 4.69) is 45.0 Å². The van der Waals surface area contributed by atoms with Crippen molar-refractivity contribution in [2.75, 3.05) is 40.3 Å². The van der Waals surface area contributed by atoms with Crippen molar-refractivity contribution in [1.29, 1.82) is 0 Å². The molecule has 2 unspecified atom stereocenters. The number of halogens is 1. The summed E-state index contributed by atoms with van der Waals surface area (Å²) in [5.41, 5.74) is 0.753. The highest BCUT2D eigenvalue weighted by atomic mass is 35.5. The van der Waals surface area contributed by atoms with Gasteiger partial charge in [-0.1, -0.05) is 23.7 Å². The van der Waals surface area contributed by atoms with Gasteiger partial charge in [-0.05, 0) is 70.8 Å². The van der Waals surface area contributed by atoms with Gasteiger partial charge in [0.15, 0.2) is 5.96 Å². The Morgan fingerprint density at radius 2 is 2.00 bits per heavy atom. The van der Waals surface area contributed by atoms with Crippen molar-refractivity contribution in [3.05, 3.63) is 34.9 Å². The molecular formula is C22H36ClN5O2. The maximum atomic E-state index is 11.7. The highest BCUT2D eigenvalue weighted by Gasteiger charge is 2.30. The third kappa shape index (κ3) is 8.03. The summed E-state index contributed by atoms with van der Waals surface area (Å²) >= 11 is 6.24. The number of hydrogen-bond acceptors (Lipinski definition) is 4. The SMILES string of the molecule is CN=C(NCCNC(=O)OC(C)(C)C)NCC1CCCN(C)C1c1cccc(Cl)c1. The van der Waals surface area contributed by atoms with Crippen LogP contribution in [0.15, 0.2) is 29.3 Å². The number of ether oxygens (including phenoxy) is 1. The second kappa shape index (κ2) is 11.4. The van der Waals surface area contributed by atoms with Crippen LogP contribution in [0.5, 0.6) is 0 Å². The predicted octanol–water partition coefficient (Wildman–Crippen LogP) is 3.41. The van der Waals surface area contributed by atoms with Gasteiger partial charge in [0.25, 0.3) is 0 Å². The molecule has 2 rings (SSSR count). The van der Waals surface area contributed by atoms with Gasteiger partial charge in [0.1, 0.15) is 5.60 Å². The fourth-order valence-corrected chi connectivity index (χ4v) is 4.00. The molecule has 1 heterocycles. The third-order valence-electron chi connectivity index (χ3n) is 5.04. The maximum absolute atomic E-state index is 11.7. The molecule has 2 atom stereocenters. The predicted molar refractivity (Wildman–Crippen MR) is 123 cm³/mol. The fourth-order valence-electron chi connectivity index (χ4n) is 3.80. The minimum Gasteiger partial charge on any atom is -0.444 e. The van der Waals surface area contributed by atoms with Crippen molar-refractivity contribution < 1.29 is 9.53 Å². The average molecular weight is 438 g/mol. The Kier molecular flexibility index (Phi) is 9.24. The lowest BCUT2D eigenvalue weighted by Crippen LogP contribution is -2.46. The molecular weight excluding hydrogens is 402 g/mol. The van der Waals surface area contributed by atoms with Crippen LogP contribution in [0.3, 0.4) is 0 Å². The zero-order valence-electron chi connectivity index (χ0n) is 18.8. The molecule has 0 spiro atoms. The van der Waals surface area contributed by atoms with Gasteiger partial charge in [-0.3, -0.25) is 9.89 Å². The molecule has 0 bridgehead atoms. The van der Waals surface area contributed by atoms with Crippen molar-refractivity contribution in [2.24, 2.45) is 10.9 Å². The van der Waals surface area contributed by atoms with E-state index in [0.717, 1.165) is 30.5 Å². The highest BCUT2D eigenvalue weighted by molar-refractivity contribution is 6.30. The van der Waals surface area contributed by atoms with Crippen LogP contribution in [-0.4, -0.2) is 62.8 Å². The molecule has 0 aromatic heterocycles. The summed E-state index contributed by atoms with van der Waals surface area (Å²) in [5.74, 6) is 1.17. The first-order chi connectivity index (χ1) is 14.2. The Labute approximate surface area is 185 Å². The Morgan fingerprint density at radius 1 is 1.27 bits per heavy atom. The van der Waals surface area contributed by atoms with Gasteiger partial charge in [0.05, 0.1) is 0 Å². The maximum Gasteiger partial charge on any atom is 0.407 e. The molecule has 1 aliphatic rings. The number of aliphatic imine (C=N–C) groups is 1. The Bertz CT molecular complexity index is 720. The molecule has 0 radical (unpaired) electrons. The van der Waals surface area contributed by atoms with E-state index in [1.807, 2.05) is 32.9 Å². The van der Waals surface area contributed by atoms with Crippen molar-refractivity contribution in [2.45, 2.75) is 45.3 Å². The average Bonchev–Trinajstić information content (AvgIpc) is 2.66. The van der Waals surface area contributed by atoms with E-state index in [-0.39, 0.29) is 0 Å². The van der Waals surface area contributed by atoms with E-state index >= 15 is 0 Å². The summed E-state index contributed by atoms with van der Waals surface area (Å²) in [7, 11) is 3.92. The number of nitrogens with zero attached hydrogens (tertiary/aromatic N) is 2. The number of piperidine rings is 1. The third-order valence-corrected chi connectivity index (χ3v) is 5.27. The Balaban J connectivity index is 1.83. The lowest BCUT2D eigenvalue weighted by molar-refractivity contribution is 0.0529. The number of likely N-dealkylation sites (tertiary alicyclic amines) is 1. The normalized spacial score (nSPS) is 20.5. The smallest absolute Gasteiger partial charge is 0.407 e. The summed E-state index contributed by atoms with van der Waals surface area (Å²) in [6.07, 6.45) is 1.90. The summed E-state index contributed by atoms with van der Waals surface area (Å²) in [5, 5.41) is 10.2. The number of benzene rings is 1. The van der Waals surface area contributed by atoms with E-state index in [1.54, 1.807) is 7.05 Å². The number of rotatable bonds is 6. The monoisotopic (exact) mass is 437 g/mol. The van der Waals surface area contributed by atoms with E-state index in [1.165, 1.54) is 12.0 Å². The number of carbonyl (C=O) groups excluding carboxylic acids is 1. The zero-order valence-corrected chi connectivity index (χ0v) is 19.6. The molecule has 1 aromatic carbocycles. The molecule has 1 fully saturated rings. The standard InChI is InChI=1S/C22H36ClN5O2/c1-22(2,3)30-21(29)26-12-11-25-20(24-4)27-15-17-9-7-13-28(5)19(17)16-8-6-10-18(23)14-16/h6,8,10,14,17,19H,7,9,11-13,15H2,1-5H3,(H,26,29)(H2,24,25,27). The second-order valence-corrected chi connectivity index (χ2v) is 9.13. The van der Waals surface area contributed by atoms with Gasteiger partial charge in [-0.15, -0.1) is 0 Å². The van der Waals surface area contributed by atoms with Gasteiger partial charge in [0, 0.05) is 37.7 Å². The Hall–Kier alpha value is -1.99. The molecule has 8 heteroatoms. The van der Waals surface area contributed by atoms with Crippen LogP contribution in [-0.2, 0) is 4.74 Å². The van der Waals surface area contributed by atoms with Crippen LogP contribution in [0.2, 0.25) is 5.02 Å². The van der Waals surface area contributed by atoms with Crippen LogP contribution >= 0.6 is 11.6 Å². The zero-order chi connectivity index (χ0) is 22.1. The summed E-state index contributed by atoms with van der Waals surface area (Å²) < 4.78 is 5.23. The molecule has 1 aromatic rings. The second-order valence-electron chi connectivity index (χ2n) is 8.69. The number of hydrogen-bond donors (Lipinski definition) is 3. The van der Waals surface area contributed by atoms with Crippen LogP contribution < -0.4 is 16.0 Å². The number of nitrogens with one attached hydrogen (secondary N) is 3. The minimum atomic E-state index is -0.498. The first-order valence-corrected chi connectivity index (χ1v) is 10.9. The van der Waals surface area contributed by atoms with Crippen molar-refractivity contribution in [1.82, 2.24) is 20.9 Å². The summed E-state index contributed by atoms with van der Waals surface area (Å²) in [6.45, 7) is 8.42. The van der Waals surface area contributed by atoms with Gasteiger partial charge < -0.3 is 20.7 Å². The number of guanidine groups is 1. The first kappa shape index (κ1) is 24.3. The molecule has 1 aliphatic heterocycles. The molecule has 3 N–H and O–H groups in total. The highest BCUT2D eigenvalue weighted by Crippen LogP contribution is 2.35. The van der Waals surface area contributed by atoms with E-state index < -0.39 is 11.7 Å². The first-order valence-electron chi connectivity index (χ1n) is 10.6. The number of alkyl carbamates (subject to hydrolysis) is 1. The van der Waals surface area contributed by atoms with Crippen molar-refractivity contribution >= 4 is 23.7 Å². The molecule has 0 aliphatic carbocycles. The summed E-state index contributed by atoms with van der Waals surface area (Å²) in [4.78, 5) is 18.4. The molecule has 0 saturated carbocycles. The van der Waals surface area contributed by atoms with E-state index in [0.29, 0.717) is 25.0 Å². The van der Waals surface area contributed by atoms with Crippen molar-refractivity contribution in [3.8, 4) is 0 Å². The number of carbonyl (C=O) groups is 1. The van der Waals surface area contributed by atoms with Gasteiger partial charge in [-0.2, -0.15) is 0 Å². The van der Waals surface area contributed by atoms with E-state index in [4.69, 9.17) is 16.3 Å². The van der Waals surface area contributed by atoms with E-state index in [9.17, 15) is 4.79 Å². The fraction of sp³-hybridized carbons (Fsp3) is 0.636. The van der Waals surface area contributed by atoms with Crippen molar-refractivity contribution in [3.63, 3.8) is 0 Å². The minimum absolute atomic E-state index is 0.317. The van der Waals surface area contributed by atoms with Crippen LogP contribution in [0.4, 0.5) is 4.79 Å². The topological polar surface area (TPSA) is 78.0 Å². The van der Waals surface area contributed by atoms with Crippen LogP contribution in [0, 0.1) is 5.92 Å². The quantitative estimate of drug-likeness (QED) is 0.361. The van der Waals surface area contributed by atoms with Crippen LogP contribution in [0.1, 0.15) is 45.2 Å². The molecule has 30 heavy (non-hydrogen) atoms. The molecule has 1 amide bonds. The van der Waals surface area contributed by atoms with Crippen LogP contribution in [0.25, 0.3) is 0 Å². The van der Waals surface area contributed by atoms with Gasteiger partial charge >= 0.3 is 6.09 Å². The molecule has 168 valence electrons.